The Morgan fingerprint density at radius 3 is 2.82 bits per heavy atom. The summed E-state index contributed by atoms with van der Waals surface area (Å²) in [5.74, 6) is 1.75. The van der Waals surface area contributed by atoms with Gasteiger partial charge in [0.15, 0.2) is 0 Å². The first-order valence-electron chi connectivity index (χ1n) is 6.42. The molecule has 0 saturated heterocycles. The van der Waals surface area contributed by atoms with E-state index in [1.807, 2.05) is 12.1 Å². The molecule has 0 amide bonds. The Balaban J connectivity index is 2.18. The van der Waals surface area contributed by atoms with Gasteiger partial charge >= 0.3 is 0 Å². The summed E-state index contributed by atoms with van der Waals surface area (Å²) in [7, 11) is 0. The summed E-state index contributed by atoms with van der Waals surface area (Å²) in [5, 5.41) is 9.59. The van der Waals surface area contributed by atoms with E-state index in [4.69, 9.17) is 4.74 Å². The van der Waals surface area contributed by atoms with Crippen molar-refractivity contribution in [2.45, 2.75) is 26.2 Å². The zero-order chi connectivity index (χ0) is 12.3. The van der Waals surface area contributed by atoms with Gasteiger partial charge in [-0.25, -0.2) is 0 Å². The molecule has 1 aromatic carbocycles. The molecule has 3 nitrogen and oxygen atoms in total. The Bertz CT molecular complexity index is 374. The minimum absolute atomic E-state index is 0.332. The molecule has 1 aliphatic rings. The lowest BCUT2D eigenvalue weighted by Gasteiger charge is -2.30. The minimum Gasteiger partial charge on any atom is -0.508 e. The third-order valence-electron chi connectivity index (χ3n) is 3.53. The molecule has 17 heavy (non-hydrogen) atoms. The summed E-state index contributed by atoms with van der Waals surface area (Å²) in [6.45, 7) is 8.35. The smallest absolute Gasteiger partial charge is 0.123 e. The first kappa shape index (κ1) is 12.2. The maximum Gasteiger partial charge on any atom is 0.123 e. The SMILES string of the molecule is CCN(CC)CC1CCOc2ccc(O)cc21. The number of aromatic hydroxyl groups is 1. The number of rotatable bonds is 4. The second kappa shape index (κ2) is 5.41. The van der Waals surface area contributed by atoms with Gasteiger partial charge in [0.05, 0.1) is 6.61 Å². The first-order valence-corrected chi connectivity index (χ1v) is 6.42. The van der Waals surface area contributed by atoms with E-state index in [-0.39, 0.29) is 0 Å². The second-order valence-electron chi connectivity index (χ2n) is 4.54. The molecule has 0 spiro atoms. The lowest BCUT2D eigenvalue weighted by Crippen LogP contribution is -2.30. The molecular weight excluding hydrogens is 214 g/mol. The van der Waals surface area contributed by atoms with Crippen molar-refractivity contribution in [2.75, 3.05) is 26.2 Å². The second-order valence-corrected chi connectivity index (χ2v) is 4.54. The van der Waals surface area contributed by atoms with Crippen LogP contribution in [0.15, 0.2) is 18.2 Å². The fraction of sp³-hybridized carbons (Fsp3) is 0.571. The topological polar surface area (TPSA) is 32.7 Å². The van der Waals surface area contributed by atoms with E-state index in [0.717, 1.165) is 44.0 Å². The zero-order valence-electron chi connectivity index (χ0n) is 10.6. The summed E-state index contributed by atoms with van der Waals surface area (Å²) >= 11 is 0. The van der Waals surface area contributed by atoms with Crippen molar-refractivity contribution in [3.8, 4) is 11.5 Å². The fourth-order valence-electron chi connectivity index (χ4n) is 2.44. The summed E-state index contributed by atoms with van der Waals surface area (Å²) in [4.78, 5) is 2.42. The molecule has 0 saturated carbocycles. The summed E-state index contributed by atoms with van der Waals surface area (Å²) < 4.78 is 5.63. The lowest BCUT2D eigenvalue weighted by molar-refractivity contribution is 0.221. The van der Waals surface area contributed by atoms with Crippen molar-refractivity contribution in [1.29, 1.82) is 0 Å². The van der Waals surface area contributed by atoms with Crippen molar-refractivity contribution in [2.24, 2.45) is 0 Å². The van der Waals surface area contributed by atoms with Gasteiger partial charge in [-0.1, -0.05) is 13.8 Å². The van der Waals surface area contributed by atoms with Crippen molar-refractivity contribution >= 4 is 0 Å². The van der Waals surface area contributed by atoms with Crippen LogP contribution in [0.2, 0.25) is 0 Å². The van der Waals surface area contributed by atoms with Crippen LogP contribution >= 0.6 is 0 Å². The molecule has 1 heterocycles. The van der Waals surface area contributed by atoms with E-state index in [1.165, 1.54) is 0 Å². The molecule has 1 aromatic rings. The molecule has 0 fully saturated rings. The minimum atomic E-state index is 0.332. The van der Waals surface area contributed by atoms with Crippen LogP contribution in [-0.2, 0) is 0 Å². The normalized spacial score (nSPS) is 18.9. The highest BCUT2D eigenvalue weighted by molar-refractivity contribution is 5.43. The van der Waals surface area contributed by atoms with Crippen LogP contribution in [0.1, 0.15) is 31.7 Å². The van der Waals surface area contributed by atoms with E-state index in [1.54, 1.807) is 6.07 Å². The maximum atomic E-state index is 9.59. The van der Waals surface area contributed by atoms with E-state index in [2.05, 4.69) is 18.7 Å². The largest absolute Gasteiger partial charge is 0.508 e. The van der Waals surface area contributed by atoms with E-state index >= 15 is 0 Å². The van der Waals surface area contributed by atoms with Gasteiger partial charge in [0, 0.05) is 18.0 Å². The van der Waals surface area contributed by atoms with Crippen LogP contribution in [0.25, 0.3) is 0 Å². The standard InChI is InChI=1S/C14H21NO2/c1-3-15(4-2)10-11-7-8-17-14-6-5-12(16)9-13(11)14/h5-6,9,11,16H,3-4,7-8,10H2,1-2H3. The molecule has 1 aliphatic heterocycles. The van der Waals surface area contributed by atoms with Crippen LogP contribution in [0.5, 0.6) is 11.5 Å². The third-order valence-corrected chi connectivity index (χ3v) is 3.53. The van der Waals surface area contributed by atoms with Gasteiger partial charge in [-0.3, -0.25) is 0 Å². The highest BCUT2D eigenvalue weighted by Crippen LogP contribution is 2.36. The van der Waals surface area contributed by atoms with Crippen molar-refractivity contribution in [1.82, 2.24) is 4.90 Å². The van der Waals surface area contributed by atoms with Gasteiger partial charge in [-0.05, 0) is 37.7 Å². The Morgan fingerprint density at radius 1 is 1.35 bits per heavy atom. The number of hydrogen-bond acceptors (Lipinski definition) is 3. The molecule has 3 heteroatoms. The third kappa shape index (κ3) is 2.72. The predicted octanol–water partition coefficient (Wildman–Crippen LogP) is 2.60. The summed E-state index contributed by atoms with van der Waals surface area (Å²) in [6, 6.07) is 5.42. The van der Waals surface area contributed by atoms with Crippen molar-refractivity contribution in [3.05, 3.63) is 23.8 Å². The van der Waals surface area contributed by atoms with Gasteiger partial charge in [-0.2, -0.15) is 0 Å². The van der Waals surface area contributed by atoms with Crippen LogP contribution in [0.4, 0.5) is 0 Å². The lowest BCUT2D eigenvalue weighted by atomic mass is 9.92. The Hall–Kier alpha value is -1.22. The van der Waals surface area contributed by atoms with Gasteiger partial charge in [-0.15, -0.1) is 0 Å². The number of benzene rings is 1. The fourth-order valence-corrected chi connectivity index (χ4v) is 2.44. The molecule has 2 rings (SSSR count). The monoisotopic (exact) mass is 235 g/mol. The van der Waals surface area contributed by atoms with Gasteiger partial charge in [0.25, 0.3) is 0 Å². The molecule has 1 atom stereocenters. The van der Waals surface area contributed by atoms with E-state index < -0.39 is 0 Å². The van der Waals surface area contributed by atoms with Gasteiger partial charge < -0.3 is 14.7 Å². The molecule has 94 valence electrons. The number of phenolic OH excluding ortho intramolecular Hbond substituents is 1. The van der Waals surface area contributed by atoms with Crippen molar-refractivity contribution < 1.29 is 9.84 Å². The van der Waals surface area contributed by atoms with Crippen LogP contribution in [0.3, 0.4) is 0 Å². The summed E-state index contributed by atoms with van der Waals surface area (Å²) in [5.41, 5.74) is 1.16. The maximum absolute atomic E-state index is 9.59. The molecule has 1 N–H and O–H groups in total. The molecule has 1 unspecified atom stereocenters. The number of fused-ring (bicyclic) bond motifs is 1. The van der Waals surface area contributed by atoms with Gasteiger partial charge in [0.1, 0.15) is 11.5 Å². The van der Waals surface area contributed by atoms with Crippen LogP contribution in [-0.4, -0.2) is 36.2 Å². The quantitative estimate of drug-likeness (QED) is 0.870. The molecular formula is C14H21NO2. The number of nitrogens with zero attached hydrogens (tertiary/aromatic N) is 1. The first-order chi connectivity index (χ1) is 8.24. The Morgan fingerprint density at radius 2 is 2.12 bits per heavy atom. The molecule has 0 radical (unpaired) electrons. The Labute approximate surface area is 103 Å². The molecule has 0 bridgehead atoms. The number of hydrogen-bond donors (Lipinski definition) is 1. The molecule has 0 aromatic heterocycles. The highest BCUT2D eigenvalue weighted by atomic mass is 16.5. The Kier molecular flexibility index (Phi) is 3.89. The number of likely N-dealkylation sites (N-methyl/N-ethyl adjacent to an activating group) is 1. The van der Waals surface area contributed by atoms with Crippen LogP contribution < -0.4 is 4.74 Å². The predicted molar refractivity (Wildman–Crippen MR) is 68.7 cm³/mol. The number of phenols is 1. The average Bonchev–Trinajstić information content (AvgIpc) is 2.36. The van der Waals surface area contributed by atoms with Crippen molar-refractivity contribution in [3.63, 3.8) is 0 Å². The van der Waals surface area contributed by atoms with Gasteiger partial charge in [0.2, 0.25) is 0 Å². The number of ether oxygens (including phenoxy) is 1. The van der Waals surface area contributed by atoms with E-state index in [0.29, 0.717) is 11.7 Å². The summed E-state index contributed by atoms with van der Waals surface area (Å²) in [6.07, 6.45) is 1.03. The highest BCUT2D eigenvalue weighted by Gasteiger charge is 2.23. The molecule has 0 aliphatic carbocycles. The van der Waals surface area contributed by atoms with E-state index in [9.17, 15) is 5.11 Å². The zero-order valence-corrected chi connectivity index (χ0v) is 10.6. The average molecular weight is 235 g/mol. The van der Waals surface area contributed by atoms with Crippen LogP contribution in [0, 0.1) is 0 Å².